The van der Waals surface area contributed by atoms with Crippen LogP contribution in [0.5, 0.6) is 5.75 Å². The molecule has 0 radical (unpaired) electrons. The van der Waals surface area contributed by atoms with Crippen molar-refractivity contribution in [3.8, 4) is 5.75 Å². The van der Waals surface area contributed by atoms with Crippen LogP contribution in [0.25, 0.3) is 0 Å². The van der Waals surface area contributed by atoms with E-state index in [0.29, 0.717) is 23.6 Å². The average Bonchev–Trinajstić information content (AvgIpc) is 2.29. The summed E-state index contributed by atoms with van der Waals surface area (Å²) < 4.78 is 0. The summed E-state index contributed by atoms with van der Waals surface area (Å²) in [6, 6.07) is 4.91. The first-order chi connectivity index (χ1) is 8.41. The second-order valence-electron chi connectivity index (χ2n) is 4.89. The standard InChI is InChI=1S/C14H20ClNO2/c1-9(2)7-11(15)8-16-14(18)12-5-4-6-13(17)10(12)3/h4-6,9,11,17H,7-8H2,1-3H3,(H,16,18). The van der Waals surface area contributed by atoms with E-state index in [4.69, 9.17) is 11.6 Å². The van der Waals surface area contributed by atoms with Crippen LogP contribution in [0.4, 0.5) is 0 Å². The zero-order valence-corrected chi connectivity index (χ0v) is 11.8. The monoisotopic (exact) mass is 269 g/mol. The molecule has 0 aromatic heterocycles. The van der Waals surface area contributed by atoms with Crippen LogP contribution in [0.1, 0.15) is 36.2 Å². The highest BCUT2D eigenvalue weighted by Crippen LogP contribution is 2.19. The fourth-order valence-electron chi connectivity index (χ4n) is 1.76. The Balaban J connectivity index is 2.58. The number of hydrogen-bond acceptors (Lipinski definition) is 2. The third kappa shape index (κ3) is 4.22. The second kappa shape index (κ2) is 6.64. The summed E-state index contributed by atoms with van der Waals surface area (Å²) in [5.74, 6) is 0.442. The Bertz CT molecular complexity index is 418. The molecule has 1 rings (SSSR count). The van der Waals surface area contributed by atoms with Crippen molar-refractivity contribution < 1.29 is 9.90 Å². The van der Waals surface area contributed by atoms with Gasteiger partial charge >= 0.3 is 0 Å². The molecular formula is C14H20ClNO2. The smallest absolute Gasteiger partial charge is 0.251 e. The molecule has 1 atom stereocenters. The molecule has 100 valence electrons. The van der Waals surface area contributed by atoms with Crippen molar-refractivity contribution in [1.82, 2.24) is 5.32 Å². The first kappa shape index (κ1) is 14.8. The topological polar surface area (TPSA) is 49.3 Å². The van der Waals surface area contributed by atoms with Gasteiger partial charge in [0.2, 0.25) is 0 Å². The molecule has 1 unspecified atom stereocenters. The molecule has 0 aliphatic rings. The molecule has 18 heavy (non-hydrogen) atoms. The number of carbonyl (C=O) groups excluding carboxylic acids is 1. The molecule has 0 aliphatic carbocycles. The summed E-state index contributed by atoms with van der Waals surface area (Å²) in [6.45, 7) is 6.34. The van der Waals surface area contributed by atoms with Crippen molar-refractivity contribution >= 4 is 17.5 Å². The van der Waals surface area contributed by atoms with Crippen LogP contribution < -0.4 is 5.32 Å². The van der Waals surface area contributed by atoms with E-state index in [1.165, 1.54) is 0 Å². The van der Waals surface area contributed by atoms with Crippen LogP contribution in [0.3, 0.4) is 0 Å². The number of benzene rings is 1. The number of phenolic OH excluding ortho intramolecular Hbond substituents is 1. The van der Waals surface area contributed by atoms with Gasteiger partial charge in [-0.2, -0.15) is 0 Å². The van der Waals surface area contributed by atoms with Gasteiger partial charge in [0.05, 0.1) is 5.38 Å². The maximum atomic E-state index is 11.9. The maximum absolute atomic E-state index is 11.9. The zero-order chi connectivity index (χ0) is 13.7. The molecule has 1 aromatic rings. The molecule has 0 fully saturated rings. The van der Waals surface area contributed by atoms with E-state index in [9.17, 15) is 9.90 Å². The minimum absolute atomic E-state index is 0.0634. The van der Waals surface area contributed by atoms with Crippen molar-refractivity contribution in [1.29, 1.82) is 0 Å². The first-order valence-electron chi connectivity index (χ1n) is 6.12. The van der Waals surface area contributed by atoms with Crippen molar-refractivity contribution in [2.75, 3.05) is 6.54 Å². The first-order valence-corrected chi connectivity index (χ1v) is 6.56. The van der Waals surface area contributed by atoms with E-state index < -0.39 is 0 Å². The summed E-state index contributed by atoms with van der Waals surface area (Å²) in [6.07, 6.45) is 0.862. The van der Waals surface area contributed by atoms with E-state index >= 15 is 0 Å². The van der Waals surface area contributed by atoms with Crippen LogP contribution in [-0.4, -0.2) is 22.9 Å². The molecule has 4 heteroatoms. The number of amides is 1. The fourth-order valence-corrected chi connectivity index (χ4v) is 2.20. The van der Waals surface area contributed by atoms with Gasteiger partial charge in [0.25, 0.3) is 5.91 Å². The fraction of sp³-hybridized carbons (Fsp3) is 0.500. The van der Waals surface area contributed by atoms with Gasteiger partial charge < -0.3 is 10.4 Å². The zero-order valence-electron chi connectivity index (χ0n) is 11.0. The normalized spacial score (nSPS) is 12.5. The number of hydrogen-bond donors (Lipinski definition) is 2. The summed E-state index contributed by atoms with van der Waals surface area (Å²) in [7, 11) is 0. The number of phenols is 1. The predicted molar refractivity (Wildman–Crippen MR) is 74.3 cm³/mol. The number of alkyl halides is 1. The van der Waals surface area contributed by atoms with Crippen molar-refractivity contribution in [3.05, 3.63) is 29.3 Å². The van der Waals surface area contributed by atoms with Crippen LogP contribution in [0, 0.1) is 12.8 Å². The van der Waals surface area contributed by atoms with Gasteiger partial charge in [-0.1, -0.05) is 19.9 Å². The molecule has 0 heterocycles. The number of aromatic hydroxyl groups is 1. The molecule has 2 N–H and O–H groups in total. The number of halogens is 1. The summed E-state index contributed by atoms with van der Waals surface area (Å²) in [4.78, 5) is 11.9. The number of nitrogens with one attached hydrogen (secondary N) is 1. The largest absolute Gasteiger partial charge is 0.508 e. The lowest BCUT2D eigenvalue weighted by molar-refractivity contribution is 0.0952. The highest BCUT2D eigenvalue weighted by Gasteiger charge is 2.13. The molecular weight excluding hydrogens is 250 g/mol. The van der Waals surface area contributed by atoms with Crippen molar-refractivity contribution in [3.63, 3.8) is 0 Å². The molecule has 0 saturated carbocycles. The molecule has 0 spiro atoms. The van der Waals surface area contributed by atoms with E-state index in [-0.39, 0.29) is 17.0 Å². The van der Waals surface area contributed by atoms with Gasteiger partial charge in [-0.25, -0.2) is 0 Å². The SMILES string of the molecule is Cc1c(O)cccc1C(=O)NCC(Cl)CC(C)C. The lowest BCUT2D eigenvalue weighted by atomic mass is 10.1. The van der Waals surface area contributed by atoms with E-state index in [0.717, 1.165) is 6.42 Å². The predicted octanol–water partition coefficient (Wildman–Crippen LogP) is 3.08. The number of rotatable bonds is 5. The Morgan fingerprint density at radius 1 is 1.44 bits per heavy atom. The Morgan fingerprint density at radius 3 is 2.72 bits per heavy atom. The molecule has 1 aromatic carbocycles. The minimum atomic E-state index is -0.196. The van der Waals surface area contributed by atoms with Gasteiger partial charge in [0, 0.05) is 17.7 Å². The second-order valence-corrected chi connectivity index (χ2v) is 5.50. The highest BCUT2D eigenvalue weighted by atomic mass is 35.5. The molecule has 3 nitrogen and oxygen atoms in total. The summed E-state index contributed by atoms with van der Waals surface area (Å²) in [5, 5.41) is 12.3. The van der Waals surface area contributed by atoms with Crippen molar-refractivity contribution in [2.45, 2.75) is 32.6 Å². The van der Waals surface area contributed by atoms with Gasteiger partial charge in [0.15, 0.2) is 0 Å². The summed E-state index contributed by atoms with van der Waals surface area (Å²) in [5.41, 5.74) is 1.08. The molecule has 0 saturated heterocycles. The molecule has 1 amide bonds. The van der Waals surface area contributed by atoms with Crippen molar-refractivity contribution in [2.24, 2.45) is 5.92 Å². The van der Waals surface area contributed by atoms with Crippen LogP contribution in [0.2, 0.25) is 0 Å². The average molecular weight is 270 g/mol. The lowest BCUT2D eigenvalue weighted by Gasteiger charge is -2.14. The molecule has 0 bridgehead atoms. The minimum Gasteiger partial charge on any atom is -0.508 e. The van der Waals surface area contributed by atoms with E-state index in [2.05, 4.69) is 19.2 Å². The quantitative estimate of drug-likeness (QED) is 0.807. The Hall–Kier alpha value is -1.22. The number of carbonyl (C=O) groups is 1. The maximum Gasteiger partial charge on any atom is 0.251 e. The van der Waals surface area contributed by atoms with Gasteiger partial charge in [-0.15, -0.1) is 11.6 Å². The molecule has 0 aliphatic heterocycles. The van der Waals surface area contributed by atoms with Crippen LogP contribution in [-0.2, 0) is 0 Å². The van der Waals surface area contributed by atoms with Crippen LogP contribution >= 0.6 is 11.6 Å². The van der Waals surface area contributed by atoms with E-state index in [1.807, 2.05) is 0 Å². The van der Waals surface area contributed by atoms with Crippen LogP contribution in [0.15, 0.2) is 18.2 Å². The Labute approximate surface area is 113 Å². The van der Waals surface area contributed by atoms with Gasteiger partial charge in [-0.05, 0) is 31.4 Å². The third-order valence-electron chi connectivity index (χ3n) is 2.76. The van der Waals surface area contributed by atoms with Gasteiger partial charge in [-0.3, -0.25) is 4.79 Å². The third-order valence-corrected chi connectivity index (χ3v) is 3.09. The van der Waals surface area contributed by atoms with E-state index in [1.54, 1.807) is 25.1 Å². The highest BCUT2D eigenvalue weighted by molar-refractivity contribution is 6.21. The lowest BCUT2D eigenvalue weighted by Crippen LogP contribution is -2.30. The Kier molecular flexibility index (Phi) is 5.48. The summed E-state index contributed by atoms with van der Waals surface area (Å²) >= 11 is 6.11. The van der Waals surface area contributed by atoms with Gasteiger partial charge in [0.1, 0.15) is 5.75 Å². The Morgan fingerprint density at radius 2 is 2.11 bits per heavy atom.